The van der Waals surface area contributed by atoms with Crippen LogP contribution in [0.25, 0.3) is 0 Å². The lowest BCUT2D eigenvalue weighted by molar-refractivity contribution is 0.586. The lowest BCUT2D eigenvalue weighted by Crippen LogP contribution is -2.24. The third-order valence-corrected chi connectivity index (χ3v) is 3.58. The van der Waals surface area contributed by atoms with E-state index in [2.05, 4.69) is 0 Å². The number of nitrogens with zero attached hydrogens (tertiary/aromatic N) is 2. The van der Waals surface area contributed by atoms with E-state index in [1.165, 1.54) is 18.2 Å². The van der Waals surface area contributed by atoms with Crippen molar-refractivity contribution in [3.8, 4) is 12.1 Å². The van der Waals surface area contributed by atoms with Gasteiger partial charge in [0.05, 0.1) is 29.3 Å². The first kappa shape index (κ1) is 12.5. The highest BCUT2D eigenvalue weighted by atomic mass is 35.5. The third kappa shape index (κ3) is 2.71. The molecule has 1 aromatic carbocycles. The maximum atomic E-state index is 11.6. The van der Waals surface area contributed by atoms with Gasteiger partial charge in [-0.25, -0.2) is 8.42 Å². The van der Waals surface area contributed by atoms with Crippen LogP contribution in [-0.2, 0) is 10.0 Å². The van der Waals surface area contributed by atoms with E-state index >= 15 is 0 Å². The minimum atomic E-state index is -3.79. The monoisotopic (exact) mass is 255 g/mol. The summed E-state index contributed by atoms with van der Waals surface area (Å²) >= 11 is 5.72. The number of rotatable bonds is 3. The van der Waals surface area contributed by atoms with Crippen molar-refractivity contribution in [1.29, 1.82) is 10.5 Å². The van der Waals surface area contributed by atoms with Gasteiger partial charge in [0, 0.05) is 0 Å². The van der Waals surface area contributed by atoms with Crippen LogP contribution in [0.3, 0.4) is 0 Å². The third-order valence-electron chi connectivity index (χ3n) is 1.69. The lowest BCUT2D eigenvalue weighted by atomic mass is 10.2. The summed E-state index contributed by atoms with van der Waals surface area (Å²) in [6.07, 6.45) is 0. The van der Waals surface area contributed by atoms with Crippen LogP contribution in [0.4, 0.5) is 0 Å². The van der Waals surface area contributed by atoms with Crippen molar-refractivity contribution < 1.29 is 8.42 Å². The summed E-state index contributed by atoms with van der Waals surface area (Å²) in [6, 6.07) is 7.30. The van der Waals surface area contributed by atoms with Crippen LogP contribution in [0, 0.1) is 22.7 Å². The summed E-state index contributed by atoms with van der Waals surface area (Å²) in [5, 5.41) is 16.8. The zero-order valence-electron chi connectivity index (χ0n) is 7.94. The van der Waals surface area contributed by atoms with Gasteiger partial charge >= 0.3 is 0 Å². The summed E-state index contributed by atoms with van der Waals surface area (Å²) in [4.78, 5) is -0.150. The second-order valence-corrected chi connectivity index (χ2v) is 4.88. The van der Waals surface area contributed by atoms with E-state index in [9.17, 15) is 8.42 Å². The average Bonchev–Trinajstić information content (AvgIpc) is 2.25. The molecule has 0 aromatic heterocycles. The molecule has 7 heteroatoms. The van der Waals surface area contributed by atoms with E-state index in [1.54, 1.807) is 6.07 Å². The second kappa shape index (κ2) is 4.95. The molecule has 0 saturated carbocycles. The molecule has 0 aliphatic carbocycles. The standard InChI is InChI=1S/C9H6ClN3O2S/c10-8-5-7(6-12)1-2-9(8)16(14,15)13-4-3-11/h1-2,5,13H,4H2. The molecule has 1 N–H and O–H groups in total. The Balaban J connectivity index is 3.16. The summed E-state index contributed by atoms with van der Waals surface area (Å²) in [5.74, 6) is 0. The van der Waals surface area contributed by atoms with Gasteiger partial charge in [-0.15, -0.1) is 0 Å². The molecule has 0 bridgehead atoms. The van der Waals surface area contributed by atoms with Crippen molar-refractivity contribution in [2.45, 2.75) is 4.90 Å². The van der Waals surface area contributed by atoms with E-state index < -0.39 is 10.0 Å². The number of nitrogens with one attached hydrogen (secondary N) is 1. The van der Waals surface area contributed by atoms with Crippen molar-refractivity contribution in [1.82, 2.24) is 4.72 Å². The highest BCUT2D eigenvalue weighted by Crippen LogP contribution is 2.22. The highest BCUT2D eigenvalue weighted by molar-refractivity contribution is 7.89. The molecule has 0 amide bonds. The lowest BCUT2D eigenvalue weighted by Gasteiger charge is -2.05. The molecule has 0 heterocycles. The minimum absolute atomic E-state index is 0.0514. The summed E-state index contributed by atoms with van der Waals surface area (Å²) in [7, 11) is -3.79. The molecular formula is C9H6ClN3O2S. The van der Waals surface area contributed by atoms with E-state index in [0.29, 0.717) is 0 Å². The quantitative estimate of drug-likeness (QED) is 0.816. The maximum Gasteiger partial charge on any atom is 0.242 e. The van der Waals surface area contributed by atoms with Gasteiger partial charge in [0.2, 0.25) is 10.0 Å². The van der Waals surface area contributed by atoms with Crippen LogP contribution in [0.2, 0.25) is 5.02 Å². The van der Waals surface area contributed by atoms with E-state index in [4.69, 9.17) is 22.1 Å². The van der Waals surface area contributed by atoms with Gasteiger partial charge in [-0.1, -0.05) is 11.6 Å². The predicted molar refractivity (Wildman–Crippen MR) is 57.0 cm³/mol. The second-order valence-electron chi connectivity index (χ2n) is 2.74. The zero-order valence-corrected chi connectivity index (χ0v) is 9.51. The first-order chi connectivity index (χ1) is 7.51. The highest BCUT2D eigenvalue weighted by Gasteiger charge is 2.17. The predicted octanol–water partition coefficient (Wildman–Crippen LogP) is 1.01. The van der Waals surface area contributed by atoms with Crippen molar-refractivity contribution in [2.75, 3.05) is 6.54 Å². The number of benzene rings is 1. The van der Waals surface area contributed by atoms with Crippen LogP contribution in [0.15, 0.2) is 23.1 Å². The number of hydrogen-bond donors (Lipinski definition) is 1. The van der Waals surface area contributed by atoms with Gasteiger partial charge < -0.3 is 0 Å². The van der Waals surface area contributed by atoms with E-state index in [1.807, 2.05) is 10.8 Å². The summed E-state index contributed by atoms with van der Waals surface area (Å²) in [5.41, 5.74) is 0.268. The van der Waals surface area contributed by atoms with Crippen LogP contribution in [-0.4, -0.2) is 15.0 Å². The molecular weight excluding hydrogens is 250 g/mol. The topological polar surface area (TPSA) is 93.8 Å². The Bertz CT molecular complexity index is 584. The molecule has 5 nitrogen and oxygen atoms in total. The van der Waals surface area contributed by atoms with E-state index in [0.717, 1.165) is 0 Å². The van der Waals surface area contributed by atoms with Crippen molar-refractivity contribution >= 4 is 21.6 Å². The fraction of sp³-hybridized carbons (Fsp3) is 0.111. The zero-order chi connectivity index (χ0) is 12.2. The molecule has 0 atom stereocenters. The van der Waals surface area contributed by atoms with Gasteiger partial charge in [0.1, 0.15) is 4.90 Å². The summed E-state index contributed by atoms with van der Waals surface area (Å²) in [6.45, 7) is -0.335. The Morgan fingerprint density at radius 1 is 1.38 bits per heavy atom. The Kier molecular flexibility index (Phi) is 3.86. The number of halogens is 1. The fourth-order valence-electron chi connectivity index (χ4n) is 0.993. The Hall–Kier alpha value is -1.60. The number of sulfonamides is 1. The molecule has 16 heavy (non-hydrogen) atoms. The number of hydrogen-bond acceptors (Lipinski definition) is 4. The first-order valence-corrected chi connectivity index (χ1v) is 5.93. The van der Waals surface area contributed by atoms with Gasteiger partial charge in [-0.05, 0) is 18.2 Å². The SMILES string of the molecule is N#CCNS(=O)(=O)c1ccc(C#N)cc1Cl. The molecule has 0 radical (unpaired) electrons. The molecule has 82 valence electrons. The van der Waals surface area contributed by atoms with Gasteiger partial charge in [0.25, 0.3) is 0 Å². The Morgan fingerprint density at radius 3 is 2.56 bits per heavy atom. The van der Waals surface area contributed by atoms with E-state index in [-0.39, 0.29) is 22.0 Å². The molecule has 0 aliphatic heterocycles. The Labute approximate surface area is 97.9 Å². The van der Waals surface area contributed by atoms with Crippen LogP contribution in [0.1, 0.15) is 5.56 Å². The molecule has 0 saturated heterocycles. The Morgan fingerprint density at radius 2 is 2.06 bits per heavy atom. The molecule has 0 unspecified atom stereocenters. The molecule has 1 aromatic rings. The summed E-state index contributed by atoms with van der Waals surface area (Å²) < 4.78 is 25.2. The van der Waals surface area contributed by atoms with Gasteiger partial charge in [0.15, 0.2) is 0 Å². The number of nitriles is 2. The smallest absolute Gasteiger partial charge is 0.207 e. The maximum absolute atomic E-state index is 11.6. The van der Waals surface area contributed by atoms with Crippen LogP contribution < -0.4 is 4.72 Å². The van der Waals surface area contributed by atoms with Crippen LogP contribution >= 0.6 is 11.6 Å². The fourth-order valence-corrected chi connectivity index (χ4v) is 2.45. The molecule has 0 spiro atoms. The van der Waals surface area contributed by atoms with Gasteiger partial charge in [-0.2, -0.15) is 15.2 Å². The molecule has 0 fully saturated rings. The van der Waals surface area contributed by atoms with Crippen molar-refractivity contribution in [2.24, 2.45) is 0 Å². The van der Waals surface area contributed by atoms with Crippen molar-refractivity contribution in [3.63, 3.8) is 0 Å². The normalized spacial score (nSPS) is 10.4. The average molecular weight is 256 g/mol. The largest absolute Gasteiger partial charge is 0.242 e. The first-order valence-electron chi connectivity index (χ1n) is 4.07. The van der Waals surface area contributed by atoms with Crippen LogP contribution in [0.5, 0.6) is 0 Å². The molecule has 1 rings (SSSR count). The van der Waals surface area contributed by atoms with Gasteiger partial charge in [-0.3, -0.25) is 0 Å². The molecule has 0 aliphatic rings. The minimum Gasteiger partial charge on any atom is -0.207 e. The van der Waals surface area contributed by atoms with Crippen molar-refractivity contribution in [3.05, 3.63) is 28.8 Å².